The molecule has 0 unspecified atom stereocenters. The highest BCUT2D eigenvalue weighted by atomic mass is 16.3. The quantitative estimate of drug-likeness (QED) is 0.754. The maximum Gasteiger partial charge on any atom is 0.177 e. The Morgan fingerprint density at radius 3 is 2.89 bits per heavy atom. The molecule has 0 aliphatic rings. The van der Waals surface area contributed by atoms with Crippen LogP contribution >= 0.6 is 0 Å². The van der Waals surface area contributed by atoms with Crippen LogP contribution in [-0.4, -0.2) is 20.1 Å². The molecule has 0 saturated heterocycles. The van der Waals surface area contributed by atoms with E-state index in [2.05, 4.69) is 21.9 Å². The number of hydrogen-bond acceptors (Lipinski definition) is 3. The van der Waals surface area contributed by atoms with Gasteiger partial charge in [0.25, 0.3) is 0 Å². The summed E-state index contributed by atoms with van der Waals surface area (Å²) < 4.78 is 0. The van der Waals surface area contributed by atoms with Crippen LogP contribution in [-0.2, 0) is 13.0 Å². The Morgan fingerprint density at radius 1 is 1.21 bits per heavy atom. The normalized spacial score (nSPS) is 11.1. The van der Waals surface area contributed by atoms with Gasteiger partial charge in [0.1, 0.15) is 5.82 Å². The third-order valence-corrected chi connectivity index (χ3v) is 3.16. The minimum atomic E-state index is 0.0492. The van der Waals surface area contributed by atoms with Gasteiger partial charge in [0.05, 0.1) is 12.1 Å². The molecule has 2 heterocycles. The molecule has 4 nitrogen and oxygen atoms in total. The highest BCUT2D eigenvalue weighted by Crippen LogP contribution is 2.22. The fourth-order valence-electron chi connectivity index (χ4n) is 2.12. The summed E-state index contributed by atoms with van der Waals surface area (Å²) in [6.07, 6.45) is 2.69. The Balaban J connectivity index is 2.08. The van der Waals surface area contributed by atoms with Crippen LogP contribution in [0.5, 0.6) is 0 Å². The highest BCUT2D eigenvalue weighted by molar-refractivity contribution is 5.78. The van der Waals surface area contributed by atoms with E-state index in [1.165, 1.54) is 0 Å². The van der Waals surface area contributed by atoms with Crippen molar-refractivity contribution in [3.8, 4) is 11.1 Å². The summed E-state index contributed by atoms with van der Waals surface area (Å²) >= 11 is 0. The summed E-state index contributed by atoms with van der Waals surface area (Å²) in [5.41, 5.74) is 4.67. The van der Waals surface area contributed by atoms with Crippen LogP contribution in [0.4, 0.5) is 0 Å². The molecule has 0 fully saturated rings. The Kier molecular flexibility index (Phi) is 3.01. The van der Waals surface area contributed by atoms with Crippen LogP contribution in [0.1, 0.15) is 18.3 Å². The first kappa shape index (κ1) is 11.9. The van der Waals surface area contributed by atoms with Crippen molar-refractivity contribution in [2.24, 2.45) is 0 Å². The SMILES string of the molecule is CCc1nc2ncc(-c3cccc(CO)c3)cc2[nH]1. The van der Waals surface area contributed by atoms with Gasteiger partial charge in [0.15, 0.2) is 5.65 Å². The minimum absolute atomic E-state index is 0.0492. The van der Waals surface area contributed by atoms with E-state index in [1.807, 2.05) is 36.5 Å². The fraction of sp³-hybridized carbons (Fsp3) is 0.200. The molecule has 0 bridgehead atoms. The van der Waals surface area contributed by atoms with Crippen molar-refractivity contribution in [3.63, 3.8) is 0 Å². The minimum Gasteiger partial charge on any atom is -0.392 e. The number of pyridine rings is 1. The van der Waals surface area contributed by atoms with E-state index >= 15 is 0 Å². The zero-order valence-electron chi connectivity index (χ0n) is 10.7. The van der Waals surface area contributed by atoms with Gasteiger partial charge in [-0.3, -0.25) is 0 Å². The van der Waals surface area contributed by atoms with Crippen molar-refractivity contribution in [1.82, 2.24) is 15.0 Å². The number of benzene rings is 1. The second-order valence-electron chi connectivity index (χ2n) is 4.49. The van der Waals surface area contributed by atoms with Crippen molar-refractivity contribution < 1.29 is 5.11 Å². The van der Waals surface area contributed by atoms with E-state index in [4.69, 9.17) is 0 Å². The molecule has 0 amide bonds. The van der Waals surface area contributed by atoms with Crippen molar-refractivity contribution >= 4 is 11.2 Å². The molecule has 0 aliphatic heterocycles. The van der Waals surface area contributed by atoms with Gasteiger partial charge in [-0.05, 0) is 23.3 Å². The third kappa shape index (κ3) is 2.22. The number of nitrogens with zero attached hydrogens (tertiary/aromatic N) is 2. The smallest absolute Gasteiger partial charge is 0.177 e. The molecule has 3 aromatic rings. The van der Waals surface area contributed by atoms with Crippen molar-refractivity contribution in [2.45, 2.75) is 20.0 Å². The maximum absolute atomic E-state index is 9.18. The summed E-state index contributed by atoms with van der Waals surface area (Å²) in [5.74, 6) is 0.948. The van der Waals surface area contributed by atoms with Gasteiger partial charge in [-0.2, -0.15) is 0 Å². The molecule has 19 heavy (non-hydrogen) atoms. The molecule has 2 N–H and O–H groups in total. The second kappa shape index (κ2) is 4.82. The van der Waals surface area contributed by atoms with Crippen LogP contribution in [0.2, 0.25) is 0 Å². The van der Waals surface area contributed by atoms with Gasteiger partial charge in [-0.15, -0.1) is 0 Å². The molecule has 3 rings (SSSR count). The predicted octanol–water partition coefficient (Wildman–Crippen LogP) is 2.68. The van der Waals surface area contributed by atoms with E-state index in [1.54, 1.807) is 0 Å². The number of fused-ring (bicyclic) bond motifs is 1. The number of imidazole rings is 1. The molecular formula is C15H15N3O. The number of nitrogens with one attached hydrogen (secondary N) is 1. The Labute approximate surface area is 111 Å². The van der Waals surface area contributed by atoms with Gasteiger partial charge in [-0.25, -0.2) is 9.97 Å². The van der Waals surface area contributed by atoms with Crippen LogP contribution < -0.4 is 0 Å². The molecule has 0 spiro atoms. The first-order valence-electron chi connectivity index (χ1n) is 6.35. The average molecular weight is 253 g/mol. The molecule has 0 aliphatic carbocycles. The van der Waals surface area contributed by atoms with Crippen LogP contribution in [0.3, 0.4) is 0 Å². The molecule has 2 aromatic heterocycles. The van der Waals surface area contributed by atoms with Crippen LogP contribution in [0.15, 0.2) is 36.5 Å². The number of aryl methyl sites for hydroxylation is 1. The largest absolute Gasteiger partial charge is 0.392 e. The first-order chi connectivity index (χ1) is 9.30. The topological polar surface area (TPSA) is 61.8 Å². The van der Waals surface area contributed by atoms with Crippen molar-refractivity contribution in [1.29, 1.82) is 0 Å². The number of hydrogen-bond donors (Lipinski definition) is 2. The zero-order valence-corrected chi connectivity index (χ0v) is 10.7. The summed E-state index contributed by atoms with van der Waals surface area (Å²) in [6.45, 7) is 2.11. The molecule has 0 saturated carbocycles. The van der Waals surface area contributed by atoms with E-state index in [9.17, 15) is 5.11 Å². The van der Waals surface area contributed by atoms with Gasteiger partial charge in [0, 0.05) is 18.2 Å². The summed E-state index contributed by atoms with van der Waals surface area (Å²) in [7, 11) is 0. The molecular weight excluding hydrogens is 238 g/mol. The predicted molar refractivity (Wildman–Crippen MR) is 74.6 cm³/mol. The van der Waals surface area contributed by atoms with Gasteiger partial charge in [-0.1, -0.05) is 25.1 Å². The molecule has 0 atom stereocenters. The summed E-state index contributed by atoms with van der Waals surface area (Å²) in [6, 6.07) is 9.88. The van der Waals surface area contributed by atoms with Gasteiger partial charge in [0.2, 0.25) is 0 Å². The molecule has 96 valence electrons. The lowest BCUT2D eigenvalue weighted by Gasteiger charge is -2.03. The van der Waals surface area contributed by atoms with Gasteiger partial charge >= 0.3 is 0 Å². The van der Waals surface area contributed by atoms with Crippen LogP contribution in [0, 0.1) is 0 Å². The highest BCUT2D eigenvalue weighted by Gasteiger charge is 2.05. The van der Waals surface area contributed by atoms with E-state index in [-0.39, 0.29) is 6.61 Å². The second-order valence-corrected chi connectivity index (χ2v) is 4.49. The standard InChI is InChI=1S/C15H15N3O/c1-2-14-17-13-7-12(8-16-15(13)18-14)11-5-3-4-10(6-11)9-19/h3-8,19H,2,9H2,1H3,(H,16,17,18). The van der Waals surface area contributed by atoms with Crippen molar-refractivity contribution in [3.05, 3.63) is 47.9 Å². The lowest BCUT2D eigenvalue weighted by Crippen LogP contribution is -1.86. The molecule has 1 aromatic carbocycles. The first-order valence-corrected chi connectivity index (χ1v) is 6.35. The fourth-order valence-corrected chi connectivity index (χ4v) is 2.12. The third-order valence-electron chi connectivity index (χ3n) is 3.16. The lowest BCUT2D eigenvalue weighted by molar-refractivity contribution is 0.282. The number of H-pyrrole nitrogens is 1. The Hall–Kier alpha value is -2.20. The number of aromatic amines is 1. The van der Waals surface area contributed by atoms with Gasteiger partial charge < -0.3 is 10.1 Å². The summed E-state index contributed by atoms with van der Waals surface area (Å²) in [5, 5.41) is 9.18. The van der Waals surface area contributed by atoms with E-state index in [0.717, 1.165) is 40.1 Å². The molecule has 0 radical (unpaired) electrons. The number of aliphatic hydroxyl groups is 1. The maximum atomic E-state index is 9.18. The Bertz CT molecular complexity index is 718. The lowest BCUT2D eigenvalue weighted by atomic mass is 10.1. The van der Waals surface area contributed by atoms with E-state index in [0.29, 0.717) is 0 Å². The molecule has 4 heteroatoms. The van der Waals surface area contributed by atoms with E-state index < -0.39 is 0 Å². The van der Waals surface area contributed by atoms with Crippen molar-refractivity contribution in [2.75, 3.05) is 0 Å². The Morgan fingerprint density at radius 2 is 2.11 bits per heavy atom. The van der Waals surface area contributed by atoms with Crippen LogP contribution in [0.25, 0.3) is 22.3 Å². The number of aliphatic hydroxyl groups excluding tert-OH is 1. The number of aromatic nitrogens is 3. The monoisotopic (exact) mass is 253 g/mol. The zero-order chi connectivity index (χ0) is 13.2. The average Bonchev–Trinajstić information content (AvgIpc) is 2.89. The number of rotatable bonds is 3. The summed E-state index contributed by atoms with van der Waals surface area (Å²) in [4.78, 5) is 12.0.